The van der Waals surface area contributed by atoms with Gasteiger partial charge >= 0.3 is 0 Å². The van der Waals surface area contributed by atoms with Gasteiger partial charge in [-0.3, -0.25) is 4.99 Å². The molecule has 1 unspecified atom stereocenters. The predicted octanol–water partition coefficient (Wildman–Crippen LogP) is 2.18. The van der Waals surface area contributed by atoms with Crippen LogP contribution in [-0.2, 0) is 4.74 Å². The molecule has 0 bridgehead atoms. The SMILES string of the molecule is CN=C(NCC(C)Oc1ccccc1F)NCC(C)(C)OC. The monoisotopic (exact) mass is 311 g/mol. The first kappa shape index (κ1) is 18.2. The van der Waals surface area contributed by atoms with Crippen molar-refractivity contribution in [2.24, 2.45) is 4.99 Å². The molecule has 1 aromatic rings. The molecule has 0 saturated carbocycles. The first-order valence-electron chi connectivity index (χ1n) is 7.29. The molecular formula is C16H26FN3O2. The minimum atomic E-state index is -0.362. The Hall–Kier alpha value is -1.82. The lowest BCUT2D eigenvalue weighted by Crippen LogP contribution is -2.47. The molecule has 0 fully saturated rings. The molecule has 5 nitrogen and oxygen atoms in total. The summed E-state index contributed by atoms with van der Waals surface area (Å²) in [6.07, 6.45) is -0.203. The minimum Gasteiger partial charge on any atom is -0.486 e. The maximum Gasteiger partial charge on any atom is 0.191 e. The lowest BCUT2D eigenvalue weighted by molar-refractivity contribution is 0.0268. The summed E-state index contributed by atoms with van der Waals surface area (Å²) in [5, 5.41) is 6.32. The van der Waals surface area contributed by atoms with Crippen molar-refractivity contribution in [3.8, 4) is 5.75 Å². The number of ether oxygens (including phenoxy) is 2. The molecule has 2 N–H and O–H groups in total. The highest BCUT2D eigenvalue weighted by Gasteiger charge is 2.16. The number of para-hydroxylation sites is 1. The molecule has 1 atom stereocenters. The van der Waals surface area contributed by atoms with Gasteiger partial charge in [0.05, 0.1) is 12.1 Å². The third kappa shape index (κ3) is 6.30. The Balaban J connectivity index is 2.42. The van der Waals surface area contributed by atoms with Gasteiger partial charge < -0.3 is 20.1 Å². The van der Waals surface area contributed by atoms with Crippen LogP contribution in [0.4, 0.5) is 4.39 Å². The molecule has 0 heterocycles. The highest BCUT2D eigenvalue weighted by Crippen LogP contribution is 2.16. The van der Waals surface area contributed by atoms with Crippen LogP contribution >= 0.6 is 0 Å². The van der Waals surface area contributed by atoms with Crippen molar-refractivity contribution < 1.29 is 13.9 Å². The van der Waals surface area contributed by atoms with Gasteiger partial charge in [-0.15, -0.1) is 0 Å². The van der Waals surface area contributed by atoms with Crippen molar-refractivity contribution in [3.05, 3.63) is 30.1 Å². The quantitative estimate of drug-likeness (QED) is 0.599. The Morgan fingerprint density at radius 1 is 1.32 bits per heavy atom. The number of nitrogens with one attached hydrogen (secondary N) is 2. The molecule has 6 heteroatoms. The molecule has 0 radical (unpaired) electrons. The Morgan fingerprint density at radius 2 is 2.00 bits per heavy atom. The highest BCUT2D eigenvalue weighted by atomic mass is 19.1. The number of nitrogens with zero attached hydrogens (tertiary/aromatic N) is 1. The van der Waals surface area contributed by atoms with Crippen molar-refractivity contribution >= 4 is 5.96 Å². The van der Waals surface area contributed by atoms with Crippen LogP contribution in [0, 0.1) is 5.82 Å². The molecule has 0 aromatic heterocycles. The number of rotatable bonds is 7. The Morgan fingerprint density at radius 3 is 2.59 bits per heavy atom. The molecule has 0 aliphatic rings. The van der Waals surface area contributed by atoms with E-state index in [0.717, 1.165) is 0 Å². The van der Waals surface area contributed by atoms with E-state index in [1.54, 1.807) is 32.4 Å². The van der Waals surface area contributed by atoms with Crippen LogP contribution in [-0.4, -0.2) is 44.9 Å². The Bertz CT molecular complexity index is 492. The van der Waals surface area contributed by atoms with Gasteiger partial charge in [-0.1, -0.05) is 12.1 Å². The fourth-order valence-corrected chi connectivity index (χ4v) is 1.63. The number of aliphatic imine (C=N–C) groups is 1. The standard InChI is InChI=1S/C16H26FN3O2/c1-12(22-14-9-7-6-8-13(14)17)10-19-15(18-4)20-11-16(2,3)21-5/h6-9,12H,10-11H2,1-5H3,(H2,18,19,20). The predicted molar refractivity (Wildman–Crippen MR) is 86.9 cm³/mol. The van der Waals surface area contributed by atoms with Crippen LogP contribution in [0.25, 0.3) is 0 Å². The van der Waals surface area contributed by atoms with Crippen LogP contribution in [0.15, 0.2) is 29.3 Å². The third-order valence-electron chi connectivity index (χ3n) is 3.18. The molecule has 0 saturated heterocycles. The molecule has 0 amide bonds. The van der Waals surface area contributed by atoms with Gasteiger partial charge in [-0.2, -0.15) is 0 Å². The largest absolute Gasteiger partial charge is 0.486 e. The second-order valence-electron chi connectivity index (χ2n) is 5.63. The fraction of sp³-hybridized carbons (Fsp3) is 0.562. The van der Waals surface area contributed by atoms with E-state index in [0.29, 0.717) is 19.0 Å². The average Bonchev–Trinajstić information content (AvgIpc) is 2.50. The van der Waals surface area contributed by atoms with Crippen LogP contribution in [0.2, 0.25) is 0 Å². The molecular weight excluding hydrogens is 285 g/mol. The van der Waals surface area contributed by atoms with Crippen LogP contribution < -0.4 is 15.4 Å². The number of guanidine groups is 1. The van der Waals surface area contributed by atoms with Crippen LogP contribution in [0.1, 0.15) is 20.8 Å². The first-order chi connectivity index (χ1) is 10.4. The van der Waals surface area contributed by atoms with Crippen molar-refractivity contribution in [1.82, 2.24) is 10.6 Å². The van der Waals surface area contributed by atoms with E-state index in [1.165, 1.54) is 6.07 Å². The van der Waals surface area contributed by atoms with Crippen molar-refractivity contribution in [2.45, 2.75) is 32.5 Å². The molecule has 1 aromatic carbocycles. The Labute approximate surface area is 131 Å². The lowest BCUT2D eigenvalue weighted by atomic mass is 10.1. The van der Waals surface area contributed by atoms with Gasteiger partial charge in [0.2, 0.25) is 0 Å². The minimum absolute atomic E-state index is 0.203. The summed E-state index contributed by atoms with van der Waals surface area (Å²) in [5.74, 6) is 0.535. The zero-order valence-electron chi connectivity index (χ0n) is 13.9. The van der Waals surface area contributed by atoms with Gasteiger partial charge in [0.25, 0.3) is 0 Å². The van der Waals surface area contributed by atoms with Crippen LogP contribution in [0.3, 0.4) is 0 Å². The van der Waals surface area contributed by atoms with E-state index in [1.807, 2.05) is 20.8 Å². The smallest absolute Gasteiger partial charge is 0.191 e. The van der Waals surface area contributed by atoms with Gasteiger partial charge in [0.15, 0.2) is 17.5 Å². The second-order valence-corrected chi connectivity index (χ2v) is 5.63. The molecule has 124 valence electrons. The van der Waals surface area contributed by atoms with E-state index in [9.17, 15) is 4.39 Å². The maximum absolute atomic E-state index is 13.5. The summed E-state index contributed by atoms with van der Waals surface area (Å²) < 4.78 is 24.4. The number of hydrogen-bond acceptors (Lipinski definition) is 3. The van der Waals surface area contributed by atoms with E-state index < -0.39 is 0 Å². The number of halogens is 1. The van der Waals surface area contributed by atoms with E-state index in [-0.39, 0.29) is 23.3 Å². The van der Waals surface area contributed by atoms with Gasteiger partial charge in [-0.05, 0) is 32.9 Å². The average molecular weight is 311 g/mol. The Kier molecular flexibility index (Phi) is 7.11. The lowest BCUT2D eigenvalue weighted by Gasteiger charge is -2.25. The summed E-state index contributed by atoms with van der Waals surface area (Å²) >= 11 is 0. The third-order valence-corrected chi connectivity index (χ3v) is 3.18. The van der Waals surface area contributed by atoms with Crippen LogP contribution in [0.5, 0.6) is 5.75 Å². The van der Waals surface area contributed by atoms with Gasteiger partial charge in [-0.25, -0.2) is 4.39 Å². The summed E-state index contributed by atoms with van der Waals surface area (Å²) in [7, 11) is 3.36. The molecule has 0 spiro atoms. The molecule has 22 heavy (non-hydrogen) atoms. The number of hydrogen-bond donors (Lipinski definition) is 2. The van der Waals surface area contributed by atoms with E-state index in [2.05, 4.69) is 15.6 Å². The normalized spacial score (nSPS) is 13.6. The maximum atomic E-state index is 13.5. The number of benzene rings is 1. The molecule has 0 aliphatic heterocycles. The summed E-state index contributed by atoms with van der Waals surface area (Å²) in [5.41, 5.74) is -0.285. The van der Waals surface area contributed by atoms with Crippen molar-refractivity contribution in [3.63, 3.8) is 0 Å². The van der Waals surface area contributed by atoms with Gasteiger partial charge in [0.1, 0.15) is 6.10 Å². The zero-order chi connectivity index (χ0) is 16.6. The van der Waals surface area contributed by atoms with Gasteiger partial charge in [0, 0.05) is 20.7 Å². The zero-order valence-corrected chi connectivity index (χ0v) is 13.9. The summed E-state index contributed by atoms with van der Waals surface area (Å²) in [4.78, 5) is 4.13. The van der Waals surface area contributed by atoms with Crippen molar-refractivity contribution in [2.75, 3.05) is 27.2 Å². The topological polar surface area (TPSA) is 54.9 Å². The molecule has 1 rings (SSSR count). The summed E-state index contributed by atoms with van der Waals surface area (Å²) in [6, 6.07) is 6.36. The second kappa shape index (κ2) is 8.58. The van der Waals surface area contributed by atoms with E-state index in [4.69, 9.17) is 9.47 Å². The summed E-state index contributed by atoms with van der Waals surface area (Å²) in [6.45, 7) is 6.95. The fourth-order valence-electron chi connectivity index (χ4n) is 1.63. The number of methoxy groups -OCH3 is 1. The first-order valence-corrected chi connectivity index (χ1v) is 7.29. The van der Waals surface area contributed by atoms with E-state index >= 15 is 0 Å². The van der Waals surface area contributed by atoms with Crippen molar-refractivity contribution in [1.29, 1.82) is 0 Å². The molecule has 0 aliphatic carbocycles. The highest BCUT2D eigenvalue weighted by molar-refractivity contribution is 5.79.